The summed E-state index contributed by atoms with van der Waals surface area (Å²) >= 11 is 0. The van der Waals surface area contributed by atoms with E-state index >= 15 is 0 Å². The Morgan fingerprint density at radius 1 is 0.909 bits per heavy atom. The second-order valence-electron chi connectivity index (χ2n) is 6.67. The van der Waals surface area contributed by atoms with Gasteiger partial charge in [-0.05, 0) is 18.8 Å². The van der Waals surface area contributed by atoms with E-state index < -0.39 is 12.0 Å². The van der Waals surface area contributed by atoms with Crippen LogP contribution in [-0.2, 0) is 9.59 Å². The van der Waals surface area contributed by atoms with Gasteiger partial charge in [0.1, 0.15) is 6.04 Å². The Kier molecular flexibility index (Phi) is 12.9. The molecular weight excluding hydrogens is 278 g/mol. The maximum Gasteiger partial charge on any atom is 0.326 e. The molecule has 0 spiro atoms. The minimum Gasteiger partial charge on any atom is -0.480 e. The fourth-order valence-corrected chi connectivity index (χ4v) is 2.56. The van der Waals surface area contributed by atoms with Gasteiger partial charge in [-0.25, -0.2) is 4.79 Å². The summed E-state index contributed by atoms with van der Waals surface area (Å²) in [4.78, 5) is 22.9. The Balaban J connectivity index is 3.61. The van der Waals surface area contributed by atoms with Gasteiger partial charge in [0.25, 0.3) is 0 Å². The summed E-state index contributed by atoms with van der Waals surface area (Å²) in [5.41, 5.74) is 0. The first kappa shape index (κ1) is 20.9. The van der Waals surface area contributed by atoms with E-state index in [9.17, 15) is 9.59 Å². The van der Waals surface area contributed by atoms with Crippen LogP contribution in [0.25, 0.3) is 0 Å². The molecule has 22 heavy (non-hydrogen) atoms. The minimum atomic E-state index is -0.936. The van der Waals surface area contributed by atoms with Crippen LogP contribution >= 0.6 is 0 Å². The zero-order valence-electron chi connectivity index (χ0n) is 14.7. The van der Waals surface area contributed by atoms with Crippen LogP contribution in [0.1, 0.15) is 91.4 Å². The van der Waals surface area contributed by atoms with Crippen molar-refractivity contribution in [3.63, 3.8) is 0 Å². The lowest BCUT2D eigenvalue weighted by atomic mass is 10.0. The molecule has 4 nitrogen and oxygen atoms in total. The van der Waals surface area contributed by atoms with Gasteiger partial charge in [0.15, 0.2) is 0 Å². The maximum atomic E-state index is 11.8. The van der Waals surface area contributed by atoms with Crippen molar-refractivity contribution in [2.45, 2.75) is 97.4 Å². The van der Waals surface area contributed by atoms with Crippen LogP contribution in [0.4, 0.5) is 0 Å². The lowest BCUT2D eigenvalue weighted by molar-refractivity contribution is -0.142. The summed E-state index contributed by atoms with van der Waals surface area (Å²) in [7, 11) is 0. The zero-order valence-corrected chi connectivity index (χ0v) is 14.7. The summed E-state index contributed by atoms with van der Waals surface area (Å²) in [6, 6.07) is -0.744. The number of nitrogens with one attached hydrogen (secondary N) is 1. The summed E-state index contributed by atoms with van der Waals surface area (Å²) in [5.74, 6) is -0.806. The molecule has 0 aromatic heterocycles. The fourth-order valence-electron chi connectivity index (χ4n) is 2.56. The van der Waals surface area contributed by atoms with Crippen molar-refractivity contribution in [1.82, 2.24) is 5.32 Å². The number of rotatable bonds is 14. The summed E-state index contributed by atoms with van der Waals surface area (Å²) in [5, 5.41) is 11.7. The molecule has 1 amide bonds. The van der Waals surface area contributed by atoms with Crippen molar-refractivity contribution in [1.29, 1.82) is 0 Å². The average molecular weight is 313 g/mol. The van der Waals surface area contributed by atoms with Crippen molar-refractivity contribution >= 4 is 11.9 Å². The van der Waals surface area contributed by atoms with Gasteiger partial charge in [-0.3, -0.25) is 4.79 Å². The highest BCUT2D eigenvalue weighted by molar-refractivity contribution is 5.83. The van der Waals surface area contributed by atoms with Crippen molar-refractivity contribution in [2.24, 2.45) is 5.92 Å². The normalized spacial score (nSPS) is 12.4. The zero-order chi connectivity index (χ0) is 16.8. The molecule has 0 bridgehead atoms. The molecule has 130 valence electrons. The molecule has 0 saturated heterocycles. The summed E-state index contributed by atoms with van der Waals surface area (Å²) < 4.78 is 0. The fraction of sp³-hybridized carbons (Fsp3) is 0.889. The number of carbonyl (C=O) groups is 2. The number of hydrogen-bond donors (Lipinski definition) is 2. The van der Waals surface area contributed by atoms with E-state index in [1.54, 1.807) is 0 Å². The molecule has 0 aromatic carbocycles. The smallest absolute Gasteiger partial charge is 0.326 e. The quantitative estimate of drug-likeness (QED) is 0.463. The topological polar surface area (TPSA) is 66.4 Å². The molecule has 0 heterocycles. The average Bonchev–Trinajstić information content (AvgIpc) is 2.44. The standard InChI is InChI=1S/C18H35NO3/c1-4-5-6-7-8-9-10-11-12-13-17(20)19-16(18(21)22)14-15(2)3/h15-16H,4-14H2,1-3H3,(H,19,20)(H,21,22)/t16-/m1/s1. The first-order valence-electron chi connectivity index (χ1n) is 8.99. The first-order chi connectivity index (χ1) is 10.5. The highest BCUT2D eigenvalue weighted by atomic mass is 16.4. The van der Waals surface area contributed by atoms with E-state index in [1.807, 2.05) is 13.8 Å². The number of carboxylic acids is 1. The van der Waals surface area contributed by atoms with Crippen LogP contribution in [0.5, 0.6) is 0 Å². The van der Waals surface area contributed by atoms with Crippen LogP contribution < -0.4 is 5.32 Å². The van der Waals surface area contributed by atoms with Crippen LogP contribution in [0.15, 0.2) is 0 Å². The van der Waals surface area contributed by atoms with Crippen LogP contribution in [0, 0.1) is 5.92 Å². The van der Waals surface area contributed by atoms with E-state index in [0.29, 0.717) is 12.8 Å². The summed E-state index contributed by atoms with van der Waals surface area (Å²) in [6.45, 7) is 6.15. The Labute approximate surface area is 136 Å². The minimum absolute atomic E-state index is 0.129. The molecule has 0 rings (SSSR count). The second-order valence-corrected chi connectivity index (χ2v) is 6.67. The Hall–Kier alpha value is -1.06. The summed E-state index contributed by atoms with van der Waals surface area (Å²) in [6.07, 6.45) is 11.8. The lowest BCUT2D eigenvalue weighted by Crippen LogP contribution is -2.41. The highest BCUT2D eigenvalue weighted by Gasteiger charge is 2.20. The number of hydrogen-bond acceptors (Lipinski definition) is 2. The van der Waals surface area contributed by atoms with E-state index in [-0.39, 0.29) is 11.8 Å². The monoisotopic (exact) mass is 313 g/mol. The SMILES string of the molecule is CCCCCCCCCCCC(=O)N[C@H](CC(C)C)C(=O)O. The van der Waals surface area contributed by atoms with Crippen molar-refractivity contribution in [3.8, 4) is 0 Å². The number of amides is 1. The first-order valence-corrected chi connectivity index (χ1v) is 8.99. The van der Waals surface area contributed by atoms with E-state index in [4.69, 9.17) is 5.11 Å². The van der Waals surface area contributed by atoms with Gasteiger partial charge in [-0.2, -0.15) is 0 Å². The molecule has 4 heteroatoms. The van der Waals surface area contributed by atoms with Crippen LogP contribution in [-0.4, -0.2) is 23.0 Å². The third-order valence-corrected chi connectivity index (χ3v) is 3.85. The third-order valence-electron chi connectivity index (χ3n) is 3.85. The Morgan fingerprint density at radius 3 is 1.86 bits per heavy atom. The molecule has 0 saturated carbocycles. The molecular formula is C18H35NO3. The lowest BCUT2D eigenvalue weighted by Gasteiger charge is -2.16. The molecule has 1 atom stereocenters. The predicted molar refractivity (Wildman–Crippen MR) is 90.9 cm³/mol. The number of carbonyl (C=O) groups excluding carboxylic acids is 1. The second kappa shape index (κ2) is 13.6. The van der Waals surface area contributed by atoms with Gasteiger partial charge in [0, 0.05) is 6.42 Å². The number of carboxylic acid groups (broad SMARTS) is 1. The Bertz CT molecular complexity index is 303. The maximum absolute atomic E-state index is 11.8. The molecule has 0 aliphatic rings. The van der Waals surface area contributed by atoms with Gasteiger partial charge in [-0.15, -0.1) is 0 Å². The van der Waals surface area contributed by atoms with E-state index in [2.05, 4.69) is 12.2 Å². The van der Waals surface area contributed by atoms with E-state index in [0.717, 1.165) is 12.8 Å². The molecule has 0 aliphatic heterocycles. The highest BCUT2D eigenvalue weighted by Crippen LogP contribution is 2.11. The van der Waals surface area contributed by atoms with Gasteiger partial charge >= 0.3 is 5.97 Å². The van der Waals surface area contributed by atoms with Crippen LogP contribution in [0.2, 0.25) is 0 Å². The number of aliphatic carboxylic acids is 1. The predicted octanol–water partition coefficient (Wildman–Crippen LogP) is 4.52. The van der Waals surface area contributed by atoms with Crippen molar-refractivity contribution < 1.29 is 14.7 Å². The largest absolute Gasteiger partial charge is 0.480 e. The van der Waals surface area contributed by atoms with E-state index in [1.165, 1.54) is 44.9 Å². The van der Waals surface area contributed by atoms with Crippen LogP contribution in [0.3, 0.4) is 0 Å². The molecule has 2 N–H and O–H groups in total. The molecule has 0 unspecified atom stereocenters. The third kappa shape index (κ3) is 12.7. The van der Waals surface area contributed by atoms with Gasteiger partial charge in [0.05, 0.1) is 0 Å². The van der Waals surface area contributed by atoms with Crippen molar-refractivity contribution in [3.05, 3.63) is 0 Å². The molecule has 0 radical (unpaired) electrons. The Morgan fingerprint density at radius 2 is 1.41 bits per heavy atom. The molecule has 0 aromatic rings. The number of unbranched alkanes of at least 4 members (excludes halogenated alkanes) is 8. The van der Waals surface area contributed by atoms with Gasteiger partial charge < -0.3 is 10.4 Å². The molecule has 0 fully saturated rings. The van der Waals surface area contributed by atoms with Crippen molar-refractivity contribution in [2.75, 3.05) is 0 Å². The molecule has 0 aliphatic carbocycles. The van der Waals surface area contributed by atoms with Gasteiger partial charge in [-0.1, -0.05) is 72.1 Å². The van der Waals surface area contributed by atoms with Gasteiger partial charge in [0.2, 0.25) is 5.91 Å².